The molecule has 0 aromatic heterocycles. The van der Waals surface area contributed by atoms with Gasteiger partial charge >= 0.3 is 0 Å². The minimum atomic E-state index is -0.445. The number of hydrogen-bond donors (Lipinski definition) is 1. The average Bonchev–Trinajstić information content (AvgIpc) is 2.52. The van der Waals surface area contributed by atoms with E-state index in [0.717, 1.165) is 31.5 Å². The van der Waals surface area contributed by atoms with Gasteiger partial charge in [-0.05, 0) is 37.6 Å². The molecule has 23 heavy (non-hydrogen) atoms. The van der Waals surface area contributed by atoms with E-state index in [1.54, 1.807) is 25.1 Å². The van der Waals surface area contributed by atoms with E-state index in [-0.39, 0.29) is 18.3 Å². The maximum absolute atomic E-state index is 13.0. The SMILES string of the molecule is COCC1(C(=O)N(C)Cc2cccc(Cl)c2Cl)CCNCC1.Cl. The number of piperidine rings is 1. The number of carbonyl (C=O) groups excluding carboxylic acids is 1. The lowest BCUT2D eigenvalue weighted by Crippen LogP contribution is -2.50. The minimum absolute atomic E-state index is 0. The number of rotatable bonds is 5. The van der Waals surface area contributed by atoms with Crippen LogP contribution in [0.2, 0.25) is 10.0 Å². The van der Waals surface area contributed by atoms with Crippen LogP contribution in [0.3, 0.4) is 0 Å². The second-order valence-corrected chi connectivity index (χ2v) is 6.62. The molecule has 1 fully saturated rings. The topological polar surface area (TPSA) is 41.6 Å². The summed E-state index contributed by atoms with van der Waals surface area (Å²) in [5, 5.41) is 4.31. The maximum atomic E-state index is 13.0. The van der Waals surface area contributed by atoms with Crippen LogP contribution in [0.15, 0.2) is 18.2 Å². The molecule has 2 rings (SSSR count). The first kappa shape index (κ1) is 20.5. The Morgan fingerprint density at radius 3 is 2.61 bits per heavy atom. The van der Waals surface area contributed by atoms with Gasteiger partial charge in [0.25, 0.3) is 0 Å². The third-order valence-corrected chi connectivity index (χ3v) is 5.08. The van der Waals surface area contributed by atoms with Gasteiger partial charge in [0, 0.05) is 20.7 Å². The fraction of sp³-hybridized carbons (Fsp3) is 0.562. The molecule has 1 saturated heterocycles. The Balaban J connectivity index is 0.00000264. The Morgan fingerprint density at radius 1 is 1.35 bits per heavy atom. The van der Waals surface area contributed by atoms with Gasteiger partial charge in [0.1, 0.15) is 0 Å². The Morgan fingerprint density at radius 2 is 2.00 bits per heavy atom. The van der Waals surface area contributed by atoms with Crippen molar-refractivity contribution in [3.63, 3.8) is 0 Å². The fourth-order valence-electron chi connectivity index (χ4n) is 3.00. The summed E-state index contributed by atoms with van der Waals surface area (Å²) in [6.45, 7) is 2.56. The summed E-state index contributed by atoms with van der Waals surface area (Å²) in [4.78, 5) is 14.7. The van der Waals surface area contributed by atoms with E-state index in [0.29, 0.717) is 23.2 Å². The third kappa shape index (κ3) is 4.74. The van der Waals surface area contributed by atoms with Crippen molar-refractivity contribution < 1.29 is 9.53 Å². The van der Waals surface area contributed by atoms with Gasteiger partial charge in [0.15, 0.2) is 0 Å². The molecule has 0 unspecified atom stereocenters. The maximum Gasteiger partial charge on any atom is 0.231 e. The van der Waals surface area contributed by atoms with Crippen molar-refractivity contribution in [3.8, 4) is 0 Å². The number of amides is 1. The van der Waals surface area contributed by atoms with Crippen LogP contribution in [0.1, 0.15) is 18.4 Å². The zero-order chi connectivity index (χ0) is 16.2. The predicted molar refractivity (Wildman–Crippen MR) is 96.6 cm³/mol. The highest BCUT2D eigenvalue weighted by Crippen LogP contribution is 2.33. The summed E-state index contributed by atoms with van der Waals surface area (Å²) in [7, 11) is 3.45. The molecule has 1 aromatic carbocycles. The molecule has 1 N–H and O–H groups in total. The van der Waals surface area contributed by atoms with Crippen LogP contribution >= 0.6 is 35.6 Å². The van der Waals surface area contributed by atoms with Gasteiger partial charge in [-0.15, -0.1) is 12.4 Å². The lowest BCUT2D eigenvalue weighted by Gasteiger charge is -2.38. The lowest BCUT2D eigenvalue weighted by atomic mass is 9.78. The standard InChI is InChI=1S/C16H22Cl2N2O2.ClH/c1-20(10-12-4-3-5-13(17)14(12)18)15(21)16(11-22-2)6-8-19-9-7-16;/h3-5,19H,6-11H2,1-2H3;1H. The minimum Gasteiger partial charge on any atom is -0.384 e. The predicted octanol–water partition coefficient (Wildman–Crippen LogP) is 3.39. The molecule has 130 valence electrons. The van der Waals surface area contributed by atoms with E-state index in [1.165, 1.54) is 0 Å². The summed E-state index contributed by atoms with van der Waals surface area (Å²) < 4.78 is 5.33. The number of halogens is 3. The van der Waals surface area contributed by atoms with Gasteiger partial charge < -0.3 is 15.0 Å². The van der Waals surface area contributed by atoms with Crippen LogP contribution in [-0.2, 0) is 16.1 Å². The van der Waals surface area contributed by atoms with Crippen molar-refractivity contribution in [3.05, 3.63) is 33.8 Å². The molecule has 4 nitrogen and oxygen atoms in total. The van der Waals surface area contributed by atoms with Gasteiger partial charge in [-0.1, -0.05) is 35.3 Å². The van der Waals surface area contributed by atoms with Gasteiger partial charge in [-0.25, -0.2) is 0 Å². The highest BCUT2D eigenvalue weighted by molar-refractivity contribution is 6.42. The molecular formula is C16H23Cl3N2O2. The first-order valence-corrected chi connectivity index (χ1v) is 8.14. The monoisotopic (exact) mass is 380 g/mol. The van der Waals surface area contributed by atoms with Crippen molar-refractivity contribution in [2.24, 2.45) is 5.41 Å². The molecular weight excluding hydrogens is 359 g/mol. The van der Waals surface area contributed by atoms with Crippen LogP contribution < -0.4 is 5.32 Å². The highest BCUT2D eigenvalue weighted by atomic mass is 35.5. The molecule has 0 aliphatic carbocycles. The Bertz CT molecular complexity index is 529. The summed E-state index contributed by atoms with van der Waals surface area (Å²) in [5.74, 6) is 0.104. The highest BCUT2D eigenvalue weighted by Gasteiger charge is 2.41. The van der Waals surface area contributed by atoms with Crippen LogP contribution in [0.4, 0.5) is 0 Å². The van der Waals surface area contributed by atoms with E-state index >= 15 is 0 Å². The summed E-state index contributed by atoms with van der Waals surface area (Å²) in [6.07, 6.45) is 1.57. The number of methoxy groups -OCH3 is 1. The van der Waals surface area contributed by atoms with Gasteiger partial charge in [-0.3, -0.25) is 4.79 Å². The molecule has 0 saturated carbocycles. The number of ether oxygens (including phenoxy) is 1. The first-order valence-electron chi connectivity index (χ1n) is 7.38. The Kier molecular flexibility index (Phi) is 8.11. The normalized spacial score (nSPS) is 16.5. The van der Waals surface area contributed by atoms with Gasteiger partial charge in [-0.2, -0.15) is 0 Å². The lowest BCUT2D eigenvalue weighted by molar-refractivity contribution is -0.146. The quantitative estimate of drug-likeness (QED) is 0.850. The van der Waals surface area contributed by atoms with Crippen LogP contribution in [-0.4, -0.2) is 44.7 Å². The molecule has 0 radical (unpaired) electrons. The van der Waals surface area contributed by atoms with Crippen molar-refractivity contribution >= 4 is 41.5 Å². The molecule has 0 atom stereocenters. The van der Waals surface area contributed by atoms with Crippen molar-refractivity contribution in [1.82, 2.24) is 10.2 Å². The summed E-state index contributed by atoms with van der Waals surface area (Å²) in [5.41, 5.74) is 0.409. The van der Waals surface area contributed by atoms with Crippen LogP contribution in [0, 0.1) is 5.41 Å². The second kappa shape index (κ2) is 9.09. The summed E-state index contributed by atoms with van der Waals surface area (Å²) >= 11 is 12.3. The largest absolute Gasteiger partial charge is 0.384 e. The number of carbonyl (C=O) groups is 1. The van der Waals surface area contributed by atoms with Crippen molar-refractivity contribution in [2.45, 2.75) is 19.4 Å². The first-order chi connectivity index (χ1) is 10.5. The van der Waals surface area contributed by atoms with Crippen molar-refractivity contribution in [2.75, 3.05) is 33.9 Å². The zero-order valence-corrected chi connectivity index (χ0v) is 15.7. The van der Waals surface area contributed by atoms with E-state index in [1.807, 2.05) is 12.1 Å². The molecule has 7 heteroatoms. The Hall–Kier alpha value is -0.520. The molecule has 0 bridgehead atoms. The number of hydrogen-bond acceptors (Lipinski definition) is 3. The number of benzene rings is 1. The number of nitrogens with zero attached hydrogens (tertiary/aromatic N) is 1. The van der Waals surface area contributed by atoms with Gasteiger partial charge in [0.2, 0.25) is 5.91 Å². The molecule has 1 heterocycles. The average molecular weight is 382 g/mol. The fourth-order valence-corrected chi connectivity index (χ4v) is 3.38. The van der Waals surface area contributed by atoms with Crippen LogP contribution in [0.5, 0.6) is 0 Å². The van der Waals surface area contributed by atoms with E-state index in [2.05, 4.69) is 5.32 Å². The van der Waals surface area contributed by atoms with Crippen LogP contribution in [0.25, 0.3) is 0 Å². The van der Waals surface area contributed by atoms with E-state index in [9.17, 15) is 4.79 Å². The van der Waals surface area contributed by atoms with E-state index in [4.69, 9.17) is 27.9 Å². The molecule has 1 aliphatic rings. The second-order valence-electron chi connectivity index (χ2n) is 5.84. The molecule has 1 amide bonds. The van der Waals surface area contributed by atoms with Crippen molar-refractivity contribution in [1.29, 1.82) is 0 Å². The summed E-state index contributed by atoms with van der Waals surface area (Å²) in [6, 6.07) is 5.48. The third-order valence-electron chi connectivity index (χ3n) is 4.22. The zero-order valence-electron chi connectivity index (χ0n) is 13.4. The van der Waals surface area contributed by atoms with E-state index < -0.39 is 5.41 Å². The molecule has 1 aromatic rings. The number of nitrogens with one attached hydrogen (secondary N) is 1. The molecule has 0 spiro atoms. The Labute approximate surface area is 153 Å². The smallest absolute Gasteiger partial charge is 0.231 e. The van der Waals surface area contributed by atoms with Gasteiger partial charge in [0.05, 0.1) is 22.1 Å². The molecule has 1 aliphatic heterocycles.